The van der Waals surface area contributed by atoms with Gasteiger partial charge in [-0.15, -0.1) is 5.10 Å². The van der Waals surface area contributed by atoms with Crippen LogP contribution in [0.2, 0.25) is 0 Å². The number of hydrogen-bond acceptors (Lipinski definition) is 4. The van der Waals surface area contributed by atoms with Gasteiger partial charge in [-0.2, -0.15) is 0 Å². The highest BCUT2D eigenvalue weighted by atomic mass is 16.5. The molecule has 4 rings (SSSR count). The monoisotopic (exact) mass is 341 g/mol. The van der Waals surface area contributed by atoms with E-state index < -0.39 is 0 Å². The lowest BCUT2D eigenvalue weighted by Gasteiger charge is -2.22. The minimum absolute atomic E-state index is 0.0120. The summed E-state index contributed by atoms with van der Waals surface area (Å²) in [6, 6.07) is 7.56. The van der Waals surface area contributed by atoms with Crippen LogP contribution in [0.25, 0.3) is 5.69 Å². The van der Waals surface area contributed by atoms with Gasteiger partial charge in [0, 0.05) is 13.1 Å². The van der Waals surface area contributed by atoms with Crippen LogP contribution in [-0.4, -0.2) is 46.1 Å². The van der Waals surface area contributed by atoms with Crippen molar-refractivity contribution < 1.29 is 9.53 Å². The van der Waals surface area contributed by atoms with E-state index in [-0.39, 0.29) is 6.03 Å². The SMILES string of the molecule is COc1ccc(-n2cc(CNC(=O)N3C[C@H]4[C@H](C3)C4(C)C)nn2)cc1. The average Bonchev–Trinajstić information content (AvgIpc) is 3.09. The summed E-state index contributed by atoms with van der Waals surface area (Å²) in [5.74, 6) is 2.12. The molecular formula is C18H23N5O2. The highest BCUT2D eigenvalue weighted by Gasteiger charge is 2.62. The Hall–Kier alpha value is -2.57. The van der Waals surface area contributed by atoms with Crippen LogP contribution in [-0.2, 0) is 6.54 Å². The number of amides is 2. The fourth-order valence-electron chi connectivity index (χ4n) is 3.82. The number of urea groups is 1. The van der Waals surface area contributed by atoms with Crippen molar-refractivity contribution in [2.24, 2.45) is 17.3 Å². The number of ether oxygens (including phenoxy) is 1. The molecule has 2 fully saturated rings. The number of fused-ring (bicyclic) bond motifs is 1. The second kappa shape index (κ2) is 5.75. The number of carbonyl (C=O) groups excluding carboxylic acids is 1. The number of benzene rings is 1. The third-order valence-corrected chi connectivity index (χ3v) is 5.71. The van der Waals surface area contributed by atoms with Gasteiger partial charge in [0.15, 0.2) is 0 Å². The topological polar surface area (TPSA) is 72.3 Å². The van der Waals surface area contributed by atoms with Crippen LogP contribution in [0.3, 0.4) is 0 Å². The van der Waals surface area contributed by atoms with Gasteiger partial charge >= 0.3 is 6.03 Å². The fraction of sp³-hybridized carbons (Fsp3) is 0.500. The molecule has 2 amide bonds. The molecule has 0 bridgehead atoms. The highest BCUT2D eigenvalue weighted by Crippen LogP contribution is 2.61. The second-order valence-corrected chi connectivity index (χ2v) is 7.45. The first-order valence-corrected chi connectivity index (χ1v) is 8.57. The van der Waals surface area contributed by atoms with E-state index in [4.69, 9.17) is 4.74 Å². The normalized spacial score (nSPS) is 23.2. The van der Waals surface area contributed by atoms with Gasteiger partial charge in [-0.05, 0) is 41.5 Å². The van der Waals surface area contributed by atoms with Gasteiger partial charge in [0.2, 0.25) is 0 Å². The summed E-state index contributed by atoms with van der Waals surface area (Å²) in [6.45, 7) is 6.68. The molecule has 1 aliphatic heterocycles. The molecular weight excluding hydrogens is 318 g/mol. The van der Waals surface area contributed by atoms with E-state index >= 15 is 0 Å². The summed E-state index contributed by atoms with van der Waals surface area (Å²) >= 11 is 0. The number of hydrogen-bond donors (Lipinski definition) is 1. The fourth-order valence-corrected chi connectivity index (χ4v) is 3.82. The third kappa shape index (κ3) is 2.83. The lowest BCUT2D eigenvalue weighted by Crippen LogP contribution is -2.40. The van der Waals surface area contributed by atoms with Crippen molar-refractivity contribution >= 4 is 6.03 Å². The van der Waals surface area contributed by atoms with Crippen LogP contribution in [0.5, 0.6) is 5.75 Å². The molecule has 2 atom stereocenters. The molecule has 0 spiro atoms. The number of rotatable bonds is 4. The van der Waals surface area contributed by atoms with Gasteiger partial charge in [0.25, 0.3) is 0 Å². The minimum Gasteiger partial charge on any atom is -0.497 e. The number of aromatic nitrogens is 3. The minimum atomic E-state index is -0.0120. The van der Waals surface area contributed by atoms with Gasteiger partial charge in [0.1, 0.15) is 11.4 Å². The lowest BCUT2D eigenvalue weighted by atomic mass is 10.1. The van der Waals surface area contributed by atoms with Crippen molar-refractivity contribution in [3.05, 3.63) is 36.2 Å². The van der Waals surface area contributed by atoms with Crippen LogP contribution in [0.4, 0.5) is 4.79 Å². The molecule has 7 heteroatoms. The molecule has 2 aromatic rings. The predicted molar refractivity (Wildman–Crippen MR) is 92.5 cm³/mol. The zero-order chi connectivity index (χ0) is 17.6. The van der Waals surface area contributed by atoms with Crippen LogP contribution < -0.4 is 10.1 Å². The van der Waals surface area contributed by atoms with Gasteiger partial charge in [-0.3, -0.25) is 0 Å². The summed E-state index contributed by atoms with van der Waals surface area (Å²) in [5, 5.41) is 11.2. The summed E-state index contributed by atoms with van der Waals surface area (Å²) in [5.41, 5.74) is 2.04. The Morgan fingerprint density at radius 2 is 1.96 bits per heavy atom. The van der Waals surface area contributed by atoms with E-state index in [1.807, 2.05) is 35.4 Å². The first-order valence-electron chi connectivity index (χ1n) is 8.57. The molecule has 2 heterocycles. The quantitative estimate of drug-likeness (QED) is 0.924. The Balaban J connectivity index is 1.32. The number of piperidine rings is 1. The Kier molecular flexibility index (Phi) is 3.67. The summed E-state index contributed by atoms with van der Waals surface area (Å²) < 4.78 is 6.84. The van der Waals surface area contributed by atoms with E-state index in [9.17, 15) is 4.79 Å². The van der Waals surface area contributed by atoms with Crippen molar-refractivity contribution in [1.29, 1.82) is 0 Å². The summed E-state index contributed by atoms with van der Waals surface area (Å²) in [6.07, 6.45) is 1.83. The number of nitrogens with one attached hydrogen (secondary N) is 1. The number of carbonyl (C=O) groups is 1. The number of likely N-dealkylation sites (tertiary alicyclic amines) is 1. The Labute approximate surface area is 147 Å². The first kappa shape index (κ1) is 15.9. The molecule has 1 saturated heterocycles. The molecule has 0 unspecified atom stereocenters. The zero-order valence-corrected chi connectivity index (χ0v) is 14.8. The lowest BCUT2D eigenvalue weighted by molar-refractivity contribution is 0.195. The smallest absolute Gasteiger partial charge is 0.317 e. The molecule has 0 radical (unpaired) electrons. The molecule has 25 heavy (non-hydrogen) atoms. The van der Waals surface area contributed by atoms with Crippen molar-refractivity contribution in [2.75, 3.05) is 20.2 Å². The first-order chi connectivity index (χ1) is 12.0. The Morgan fingerprint density at radius 1 is 1.28 bits per heavy atom. The van der Waals surface area contributed by atoms with Crippen LogP contribution in [0, 0.1) is 17.3 Å². The van der Waals surface area contributed by atoms with Crippen molar-refractivity contribution in [2.45, 2.75) is 20.4 Å². The van der Waals surface area contributed by atoms with Crippen molar-refractivity contribution in [3.63, 3.8) is 0 Å². The van der Waals surface area contributed by atoms with Gasteiger partial charge in [0.05, 0.1) is 25.5 Å². The van der Waals surface area contributed by atoms with E-state index in [1.165, 1.54) is 0 Å². The maximum atomic E-state index is 12.3. The third-order valence-electron chi connectivity index (χ3n) is 5.71. The number of nitrogens with zero attached hydrogens (tertiary/aromatic N) is 4. The molecule has 1 aromatic heterocycles. The summed E-state index contributed by atoms with van der Waals surface area (Å²) in [4.78, 5) is 14.2. The standard InChI is InChI=1S/C18H23N5O2/c1-18(2)15-10-22(11-16(15)18)17(24)19-8-12-9-23(21-20-12)13-4-6-14(25-3)7-5-13/h4-7,9,15-16H,8,10-11H2,1-3H3,(H,19,24)/t15-,16-/m0/s1. The Bertz CT molecular complexity index is 769. The second-order valence-electron chi connectivity index (χ2n) is 7.45. The van der Waals surface area contributed by atoms with E-state index in [0.717, 1.165) is 30.2 Å². The van der Waals surface area contributed by atoms with Gasteiger partial charge < -0.3 is 15.0 Å². The van der Waals surface area contributed by atoms with Gasteiger partial charge in [-0.1, -0.05) is 19.1 Å². The molecule has 1 N–H and O–H groups in total. The predicted octanol–water partition coefficient (Wildman–Crippen LogP) is 2.07. The molecule has 7 nitrogen and oxygen atoms in total. The van der Waals surface area contributed by atoms with E-state index in [2.05, 4.69) is 29.5 Å². The Morgan fingerprint density at radius 3 is 2.60 bits per heavy atom. The molecule has 1 aliphatic carbocycles. The summed E-state index contributed by atoms with van der Waals surface area (Å²) in [7, 11) is 1.63. The van der Waals surface area contributed by atoms with Crippen molar-refractivity contribution in [1.82, 2.24) is 25.2 Å². The maximum Gasteiger partial charge on any atom is 0.317 e. The maximum absolute atomic E-state index is 12.3. The zero-order valence-electron chi connectivity index (χ0n) is 14.8. The van der Waals surface area contributed by atoms with Crippen LogP contribution in [0.15, 0.2) is 30.5 Å². The van der Waals surface area contributed by atoms with E-state index in [1.54, 1.807) is 11.8 Å². The number of methoxy groups -OCH3 is 1. The highest BCUT2D eigenvalue weighted by molar-refractivity contribution is 5.74. The van der Waals surface area contributed by atoms with Crippen molar-refractivity contribution in [3.8, 4) is 11.4 Å². The van der Waals surface area contributed by atoms with Gasteiger partial charge in [-0.25, -0.2) is 9.48 Å². The van der Waals surface area contributed by atoms with Crippen LogP contribution in [0.1, 0.15) is 19.5 Å². The molecule has 1 saturated carbocycles. The van der Waals surface area contributed by atoms with Crippen LogP contribution >= 0.6 is 0 Å². The molecule has 2 aliphatic rings. The largest absolute Gasteiger partial charge is 0.497 e. The van der Waals surface area contributed by atoms with E-state index in [0.29, 0.717) is 23.8 Å². The average molecular weight is 341 g/mol. The molecule has 1 aromatic carbocycles. The molecule has 132 valence electrons.